The molecule has 0 atom stereocenters. The van der Waals surface area contributed by atoms with Crippen LogP contribution in [0.2, 0.25) is 5.15 Å². The Morgan fingerprint density at radius 2 is 2.26 bits per heavy atom. The Balaban J connectivity index is 2.26. The van der Waals surface area contributed by atoms with Crippen LogP contribution < -0.4 is 15.9 Å². The number of nitrogens with two attached hydrogens (primary N) is 2. The number of thioether (sulfide) groups is 1. The molecule has 0 amide bonds. The average molecular weight is 297 g/mol. The summed E-state index contributed by atoms with van der Waals surface area (Å²) in [5.74, 6) is 1.55. The molecule has 1 heterocycles. The summed E-state index contributed by atoms with van der Waals surface area (Å²) in [6.07, 6.45) is 0.774. The van der Waals surface area contributed by atoms with Crippen LogP contribution in [0, 0.1) is 0 Å². The van der Waals surface area contributed by atoms with Gasteiger partial charge < -0.3 is 4.74 Å². The van der Waals surface area contributed by atoms with E-state index in [0.717, 1.165) is 34.4 Å². The number of nitrogens with zero attached hydrogens (tertiary/aromatic N) is 1. The molecule has 0 spiro atoms. The Kier molecular flexibility index (Phi) is 4.50. The van der Waals surface area contributed by atoms with E-state index in [1.165, 1.54) is 11.8 Å². The van der Waals surface area contributed by atoms with Gasteiger partial charge in [0.1, 0.15) is 10.9 Å². The zero-order valence-corrected chi connectivity index (χ0v) is 12.1. The Hall–Kier alpha value is -1.46. The standard InChI is InChI=1S/C13H14ClN3OS/c1-18-10-3-2-8-6-9(4-5-19-13(15)16)12(14)17-11(8)7-10/h2-3,6-7H,4-5H2,1H3,(H3,15,16)/p+1. The number of hydrogen-bond acceptors (Lipinski definition) is 3. The smallest absolute Gasteiger partial charge is 0.299 e. The van der Waals surface area contributed by atoms with Gasteiger partial charge in [0, 0.05) is 17.2 Å². The lowest BCUT2D eigenvalue weighted by atomic mass is 10.1. The molecule has 19 heavy (non-hydrogen) atoms. The predicted molar refractivity (Wildman–Crippen MR) is 80.6 cm³/mol. The first-order valence-corrected chi connectivity index (χ1v) is 7.10. The fourth-order valence-corrected chi connectivity index (χ4v) is 2.55. The van der Waals surface area contributed by atoms with Crippen LogP contribution in [0.4, 0.5) is 0 Å². The fraction of sp³-hybridized carbons (Fsp3) is 0.231. The van der Waals surface area contributed by atoms with Gasteiger partial charge in [-0.1, -0.05) is 11.6 Å². The van der Waals surface area contributed by atoms with E-state index < -0.39 is 0 Å². The van der Waals surface area contributed by atoms with Crippen molar-refractivity contribution in [3.8, 4) is 5.75 Å². The number of amidine groups is 1. The number of aryl methyl sites for hydroxylation is 1. The summed E-state index contributed by atoms with van der Waals surface area (Å²) in [5.41, 5.74) is 7.23. The number of aromatic nitrogens is 1. The quantitative estimate of drug-likeness (QED) is 0.506. The van der Waals surface area contributed by atoms with E-state index in [4.69, 9.17) is 27.5 Å². The summed E-state index contributed by atoms with van der Waals surface area (Å²) in [4.78, 5) is 4.39. The van der Waals surface area contributed by atoms with E-state index in [2.05, 4.69) is 4.98 Å². The van der Waals surface area contributed by atoms with Gasteiger partial charge in [0.25, 0.3) is 5.17 Å². The Morgan fingerprint density at radius 1 is 1.47 bits per heavy atom. The van der Waals surface area contributed by atoms with Crippen molar-refractivity contribution in [2.75, 3.05) is 12.9 Å². The summed E-state index contributed by atoms with van der Waals surface area (Å²) in [5, 5.41) is 7.33. The second kappa shape index (κ2) is 6.12. The van der Waals surface area contributed by atoms with Gasteiger partial charge in [0.15, 0.2) is 0 Å². The van der Waals surface area contributed by atoms with Crippen LogP contribution in [0.1, 0.15) is 5.56 Å². The van der Waals surface area contributed by atoms with Gasteiger partial charge in [-0.3, -0.25) is 11.1 Å². The SMILES string of the molecule is COc1ccc2cc(CCSC(N)=[NH2+])c(Cl)nc2c1. The third kappa shape index (κ3) is 3.52. The van der Waals surface area contributed by atoms with Gasteiger partial charge in [0.05, 0.1) is 12.6 Å². The largest absolute Gasteiger partial charge is 0.497 e. The zero-order chi connectivity index (χ0) is 13.8. The van der Waals surface area contributed by atoms with Crippen LogP contribution in [0.15, 0.2) is 24.3 Å². The molecule has 0 aliphatic rings. The van der Waals surface area contributed by atoms with E-state index in [1.54, 1.807) is 7.11 Å². The molecule has 4 N–H and O–H groups in total. The molecule has 100 valence electrons. The van der Waals surface area contributed by atoms with Crippen molar-refractivity contribution < 1.29 is 10.1 Å². The van der Waals surface area contributed by atoms with Crippen LogP contribution in [0.3, 0.4) is 0 Å². The highest BCUT2D eigenvalue weighted by atomic mass is 35.5. The summed E-state index contributed by atoms with van der Waals surface area (Å²) in [6, 6.07) is 7.78. The molecule has 0 saturated heterocycles. The van der Waals surface area contributed by atoms with Crippen molar-refractivity contribution in [3.63, 3.8) is 0 Å². The van der Waals surface area contributed by atoms with Gasteiger partial charge in [-0.15, -0.1) is 0 Å². The molecule has 0 saturated carbocycles. The van der Waals surface area contributed by atoms with Crippen LogP contribution in [-0.4, -0.2) is 23.0 Å². The Bertz CT molecular complexity index is 618. The zero-order valence-electron chi connectivity index (χ0n) is 10.5. The van der Waals surface area contributed by atoms with E-state index in [0.29, 0.717) is 10.3 Å². The minimum atomic E-state index is 0.370. The van der Waals surface area contributed by atoms with Gasteiger partial charge in [-0.05, 0) is 41.9 Å². The lowest BCUT2D eigenvalue weighted by Gasteiger charge is -2.06. The number of benzene rings is 1. The molecule has 2 aromatic rings. The molecule has 6 heteroatoms. The molecule has 0 fully saturated rings. The van der Waals surface area contributed by atoms with Crippen LogP contribution >= 0.6 is 23.4 Å². The minimum Gasteiger partial charge on any atom is -0.497 e. The van der Waals surface area contributed by atoms with Crippen LogP contribution in [0.25, 0.3) is 10.9 Å². The van der Waals surface area contributed by atoms with Crippen molar-refractivity contribution in [2.24, 2.45) is 5.73 Å². The molecule has 0 unspecified atom stereocenters. The van der Waals surface area contributed by atoms with Gasteiger partial charge in [-0.25, -0.2) is 4.98 Å². The number of ether oxygens (including phenoxy) is 1. The lowest BCUT2D eigenvalue weighted by molar-refractivity contribution is -0.110. The first-order valence-electron chi connectivity index (χ1n) is 5.74. The summed E-state index contributed by atoms with van der Waals surface area (Å²) < 4.78 is 5.17. The summed E-state index contributed by atoms with van der Waals surface area (Å²) >= 11 is 7.60. The third-order valence-corrected chi connectivity index (χ3v) is 3.76. The molecule has 1 aromatic heterocycles. The third-order valence-electron chi connectivity index (χ3n) is 2.69. The van der Waals surface area contributed by atoms with Crippen molar-refractivity contribution in [3.05, 3.63) is 35.0 Å². The molecule has 0 radical (unpaired) electrons. The fourth-order valence-electron chi connectivity index (χ4n) is 1.75. The molecule has 0 aliphatic heterocycles. The number of hydrogen-bond donors (Lipinski definition) is 2. The van der Waals surface area contributed by atoms with Crippen LogP contribution in [0.5, 0.6) is 5.75 Å². The normalized spacial score (nSPS) is 10.6. The first-order chi connectivity index (χ1) is 9.10. The summed E-state index contributed by atoms with van der Waals surface area (Å²) in [6.45, 7) is 0. The molecule has 2 rings (SSSR count). The highest BCUT2D eigenvalue weighted by Gasteiger charge is 2.07. The average Bonchev–Trinajstić information content (AvgIpc) is 2.38. The van der Waals surface area contributed by atoms with Crippen molar-refractivity contribution >= 4 is 39.4 Å². The first kappa shape index (κ1) is 14.0. The van der Waals surface area contributed by atoms with E-state index in [9.17, 15) is 0 Å². The number of pyridine rings is 1. The van der Waals surface area contributed by atoms with Gasteiger partial charge >= 0.3 is 0 Å². The van der Waals surface area contributed by atoms with Gasteiger partial charge in [0.2, 0.25) is 0 Å². The second-order valence-electron chi connectivity index (χ2n) is 4.00. The maximum atomic E-state index is 6.18. The predicted octanol–water partition coefficient (Wildman–Crippen LogP) is 1.25. The molecule has 4 nitrogen and oxygen atoms in total. The molecule has 0 aliphatic carbocycles. The molecule has 0 bridgehead atoms. The second-order valence-corrected chi connectivity index (χ2v) is 5.52. The highest BCUT2D eigenvalue weighted by molar-refractivity contribution is 8.13. The highest BCUT2D eigenvalue weighted by Crippen LogP contribution is 2.25. The minimum absolute atomic E-state index is 0.370. The molecular weight excluding hydrogens is 282 g/mol. The van der Waals surface area contributed by atoms with Crippen molar-refractivity contribution in [1.29, 1.82) is 0 Å². The summed E-state index contributed by atoms with van der Waals surface area (Å²) in [7, 11) is 1.63. The number of halogens is 1. The number of rotatable bonds is 4. The van der Waals surface area contributed by atoms with Crippen molar-refractivity contribution in [2.45, 2.75) is 6.42 Å². The maximum Gasteiger partial charge on any atom is 0.299 e. The van der Waals surface area contributed by atoms with E-state index in [1.807, 2.05) is 24.3 Å². The molecular formula is C13H15ClN3OS+. The monoisotopic (exact) mass is 296 g/mol. The molecule has 1 aromatic carbocycles. The Labute approximate surface area is 120 Å². The van der Waals surface area contributed by atoms with E-state index >= 15 is 0 Å². The lowest BCUT2D eigenvalue weighted by Crippen LogP contribution is -2.43. The van der Waals surface area contributed by atoms with Gasteiger partial charge in [-0.2, -0.15) is 0 Å². The number of methoxy groups -OCH3 is 1. The number of fused-ring (bicyclic) bond motifs is 1. The van der Waals surface area contributed by atoms with Crippen LogP contribution in [-0.2, 0) is 6.42 Å². The topological polar surface area (TPSA) is 73.7 Å². The van der Waals surface area contributed by atoms with E-state index in [-0.39, 0.29) is 0 Å². The maximum absolute atomic E-state index is 6.18. The Morgan fingerprint density at radius 3 is 2.95 bits per heavy atom. The van der Waals surface area contributed by atoms with Crippen molar-refractivity contribution in [1.82, 2.24) is 4.98 Å².